The maximum atomic E-state index is 13.1. The fourth-order valence-corrected chi connectivity index (χ4v) is 4.91. The Morgan fingerprint density at radius 3 is 2.53 bits per heavy atom. The van der Waals surface area contributed by atoms with Crippen LogP contribution in [0, 0.1) is 0 Å². The molecule has 0 aliphatic carbocycles. The first-order valence-electron chi connectivity index (χ1n) is 9.35. The van der Waals surface area contributed by atoms with Crippen LogP contribution in [0.5, 0.6) is 5.75 Å². The third-order valence-electron chi connectivity index (χ3n) is 4.76. The van der Waals surface area contributed by atoms with E-state index < -0.39 is 16.1 Å². The molecule has 0 saturated carbocycles. The third-order valence-corrected chi connectivity index (χ3v) is 6.68. The van der Waals surface area contributed by atoms with E-state index in [9.17, 15) is 18.0 Å². The predicted molar refractivity (Wildman–Crippen MR) is 114 cm³/mol. The Bertz CT molecular complexity index is 1050. The highest BCUT2D eigenvalue weighted by Gasteiger charge is 2.39. The van der Waals surface area contributed by atoms with Crippen molar-refractivity contribution in [2.45, 2.75) is 23.8 Å². The maximum absolute atomic E-state index is 13.1. The van der Waals surface area contributed by atoms with Crippen LogP contribution in [0.4, 0.5) is 11.4 Å². The second-order valence-electron chi connectivity index (χ2n) is 6.71. The van der Waals surface area contributed by atoms with Crippen LogP contribution in [0.3, 0.4) is 0 Å². The zero-order valence-electron chi connectivity index (χ0n) is 16.5. The van der Waals surface area contributed by atoms with Crippen molar-refractivity contribution in [1.29, 1.82) is 0 Å². The fourth-order valence-electron chi connectivity index (χ4n) is 3.26. The molecule has 30 heavy (non-hydrogen) atoms. The van der Waals surface area contributed by atoms with Gasteiger partial charge in [-0.25, -0.2) is 8.42 Å². The van der Waals surface area contributed by atoms with Crippen molar-refractivity contribution in [2.75, 3.05) is 24.3 Å². The quantitative estimate of drug-likeness (QED) is 0.659. The molecular formula is C21H23N3O5S. The molecule has 2 N–H and O–H groups in total. The van der Waals surface area contributed by atoms with Crippen molar-refractivity contribution >= 4 is 33.2 Å². The van der Waals surface area contributed by atoms with Gasteiger partial charge in [0.05, 0.1) is 12.0 Å². The second-order valence-corrected chi connectivity index (χ2v) is 8.60. The van der Waals surface area contributed by atoms with Gasteiger partial charge < -0.3 is 15.4 Å². The molecule has 158 valence electrons. The zero-order chi connectivity index (χ0) is 21.7. The average molecular weight is 429 g/mol. The Labute approximate surface area is 175 Å². The molecule has 0 bridgehead atoms. The summed E-state index contributed by atoms with van der Waals surface area (Å²) in [5.74, 6) is -0.189. The first-order valence-corrected chi connectivity index (χ1v) is 10.8. The van der Waals surface area contributed by atoms with E-state index in [2.05, 4.69) is 17.2 Å². The number of carbonyl (C=O) groups is 2. The Morgan fingerprint density at radius 1 is 1.13 bits per heavy atom. The number of anilines is 2. The van der Waals surface area contributed by atoms with E-state index in [1.165, 1.54) is 35.7 Å². The van der Waals surface area contributed by atoms with Gasteiger partial charge in [-0.2, -0.15) is 4.31 Å². The van der Waals surface area contributed by atoms with Crippen LogP contribution in [0.25, 0.3) is 0 Å². The van der Waals surface area contributed by atoms with E-state index in [4.69, 9.17) is 4.74 Å². The molecule has 2 aromatic carbocycles. The predicted octanol–water partition coefficient (Wildman–Crippen LogP) is 2.61. The number of nitrogens with one attached hydrogen (secondary N) is 2. The molecule has 0 spiro atoms. The van der Waals surface area contributed by atoms with Gasteiger partial charge in [-0.15, -0.1) is 0 Å². The van der Waals surface area contributed by atoms with Gasteiger partial charge in [-0.1, -0.05) is 12.6 Å². The number of nitrogens with zero attached hydrogens (tertiary/aromatic N) is 1. The van der Waals surface area contributed by atoms with Crippen molar-refractivity contribution in [3.63, 3.8) is 0 Å². The molecule has 1 saturated heterocycles. The normalized spacial score (nSPS) is 16.6. The highest BCUT2D eigenvalue weighted by atomic mass is 32.2. The third kappa shape index (κ3) is 4.69. The maximum Gasteiger partial charge on any atom is 0.247 e. The van der Waals surface area contributed by atoms with Gasteiger partial charge >= 0.3 is 0 Å². The molecule has 1 heterocycles. The SMILES string of the molecule is C=CC(=O)Nc1ccc(S(=O)(=O)N2CCC[C@H]2C(=O)Nc2cccc(OC)c2)cc1. The van der Waals surface area contributed by atoms with E-state index >= 15 is 0 Å². The van der Waals surface area contributed by atoms with E-state index in [1.807, 2.05) is 0 Å². The summed E-state index contributed by atoms with van der Waals surface area (Å²) in [7, 11) is -2.35. The number of amides is 2. The molecule has 1 fully saturated rings. The van der Waals surface area contributed by atoms with Gasteiger partial charge in [-0.3, -0.25) is 9.59 Å². The van der Waals surface area contributed by atoms with Crippen LogP contribution < -0.4 is 15.4 Å². The summed E-state index contributed by atoms with van der Waals surface area (Å²) < 4.78 is 32.6. The molecule has 9 heteroatoms. The van der Waals surface area contributed by atoms with Crippen LogP contribution in [-0.2, 0) is 19.6 Å². The summed E-state index contributed by atoms with van der Waals surface area (Å²) in [6.45, 7) is 3.63. The lowest BCUT2D eigenvalue weighted by molar-refractivity contribution is -0.119. The fraction of sp³-hybridized carbons (Fsp3) is 0.238. The number of sulfonamides is 1. The van der Waals surface area contributed by atoms with Gasteiger partial charge in [0.25, 0.3) is 0 Å². The summed E-state index contributed by atoms with van der Waals surface area (Å²) in [6.07, 6.45) is 2.14. The minimum Gasteiger partial charge on any atom is -0.497 e. The first kappa shape index (κ1) is 21.5. The summed E-state index contributed by atoms with van der Waals surface area (Å²) in [6, 6.07) is 11.9. The number of hydrogen-bond acceptors (Lipinski definition) is 5. The lowest BCUT2D eigenvalue weighted by Gasteiger charge is -2.23. The van der Waals surface area contributed by atoms with Crippen molar-refractivity contribution in [3.05, 3.63) is 61.2 Å². The molecule has 1 aliphatic heterocycles. The molecule has 1 aliphatic rings. The summed E-state index contributed by atoms with van der Waals surface area (Å²) in [5, 5.41) is 5.33. The summed E-state index contributed by atoms with van der Waals surface area (Å²) >= 11 is 0. The standard InChI is InChI=1S/C21H23N3O5S/c1-3-20(25)22-15-9-11-18(12-10-15)30(27,28)24-13-5-8-19(24)21(26)23-16-6-4-7-17(14-16)29-2/h3-4,6-7,9-12,14,19H,1,5,8,13H2,2H3,(H,22,25)(H,23,26)/t19-/m0/s1. The molecule has 2 amide bonds. The summed E-state index contributed by atoms with van der Waals surface area (Å²) in [5.41, 5.74) is 0.985. The highest BCUT2D eigenvalue weighted by Crippen LogP contribution is 2.28. The Morgan fingerprint density at radius 2 is 1.87 bits per heavy atom. The molecular weight excluding hydrogens is 406 g/mol. The summed E-state index contributed by atoms with van der Waals surface area (Å²) in [4.78, 5) is 24.2. The van der Waals surface area contributed by atoms with Crippen LogP contribution in [0.2, 0.25) is 0 Å². The van der Waals surface area contributed by atoms with Crippen molar-refractivity contribution < 1.29 is 22.7 Å². The molecule has 0 radical (unpaired) electrons. The second kappa shape index (κ2) is 9.10. The van der Waals surface area contributed by atoms with Crippen LogP contribution in [0.15, 0.2) is 66.1 Å². The molecule has 0 aromatic heterocycles. The lowest BCUT2D eigenvalue weighted by Crippen LogP contribution is -2.43. The Hall–Kier alpha value is -3.17. The van der Waals surface area contributed by atoms with Crippen LogP contribution in [0.1, 0.15) is 12.8 Å². The molecule has 2 aromatic rings. The molecule has 3 rings (SSSR count). The van der Waals surface area contributed by atoms with Crippen molar-refractivity contribution in [2.24, 2.45) is 0 Å². The number of methoxy groups -OCH3 is 1. The van der Waals surface area contributed by atoms with Crippen LogP contribution >= 0.6 is 0 Å². The number of rotatable bonds is 7. The number of carbonyl (C=O) groups excluding carboxylic acids is 2. The van der Waals surface area contributed by atoms with Crippen molar-refractivity contribution in [3.8, 4) is 5.75 Å². The van der Waals surface area contributed by atoms with E-state index in [1.54, 1.807) is 24.3 Å². The van der Waals surface area contributed by atoms with Crippen molar-refractivity contribution in [1.82, 2.24) is 4.31 Å². The van der Waals surface area contributed by atoms with Crippen LogP contribution in [-0.4, -0.2) is 44.2 Å². The zero-order valence-corrected chi connectivity index (χ0v) is 17.3. The smallest absolute Gasteiger partial charge is 0.247 e. The largest absolute Gasteiger partial charge is 0.497 e. The number of benzene rings is 2. The van der Waals surface area contributed by atoms with E-state index in [-0.39, 0.29) is 23.3 Å². The average Bonchev–Trinajstić information content (AvgIpc) is 3.25. The highest BCUT2D eigenvalue weighted by molar-refractivity contribution is 7.89. The molecule has 0 unspecified atom stereocenters. The van der Waals surface area contributed by atoms with Gasteiger partial charge in [0.1, 0.15) is 11.8 Å². The van der Waals surface area contributed by atoms with Gasteiger partial charge in [0, 0.05) is 24.0 Å². The number of ether oxygens (including phenoxy) is 1. The minimum atomic E-state index is -3.87. The minimum absolute atomic E-state index is 0.0557. The van der Waals surface area contributed by atoms with E-state index in [0.29, 0.717) is 30.0 Å². The molecule has 8 nitrogen and oxygen atoms in total. The van der Waals surface area contributed by atoms with Gasteiger partial charge in [0.15, 0.2) is 0 Å². The van der Waals surface area contributed by atoms with Gasteiger partial charge in [-0.05, 0) is 55.3 Å². The number of hydrogen-bond donors (Lipinski definition) is 2. The Kier molecular flexibility index (Phi) is 6.53. The molecule has 1 atom stereocenters. The Balaban J connectivity index is 1.76. The van der Waals surface area contributed by atoms with Gasteiger partial charge in [0.2, 0.25) is 21.8 Å². The first-order chi connectivity index (χ1) is 14.3. The topological polar surface area (TPSA) is 105 Å². The van der Waals surface area contributed by atoms with E-state index in [0.717, 1.165) is 6.08 Å². The monoisotopic (exact) mass is 429 g/mol. The lowest BCUT2D eigenvalue weighted by atomic mass is 10.2.